The molecule has 0 unspecified atom stereocenters. The SMILES string of the molecule is O=P(Cl)([c-]1cccc1)[c-]1cccc1.[Fe+2].[Fe+2].c1cc[cH-]c1.c1cc[cH-]c1. The van der Waals surface area contributed by atoms with Gasteiger partial charge in [-0.3, -0.25) is 0 Å². The first-order valence-corrected chi connectivity index (χ1v) is 9.90. The summed E-state index contributed by atoms with van der Waals surface area (Å²) in [6.45, 7) is -2.83. The summed E-state index contributed by atoms with van der Waals surface area (Å²) in [5.74, 6) is 0. The van der Waals surface area contributed by atoms with E-state index < -0.39 is 6.49 Å². The van der Waals surface area contributed by atoms with Crippen LogP contribution in [0.2, 0.25) is 0 Å². The Morgan fingerprint density at radius 2 is 0.880 bits per heavy atom. The molecule has 0 bridgehead atoms. The first-order valence-electron chi connectivity index (χ1n) is 7.29. The number of hydrogen-bond donors (Lipinski definition) is 0. The van der Waals surface area contributed by atoms with Crippen molar-refractivity contribution in [3.63, 3.8) is 0 Å². The van der Waals surface area contributed by atoms with Crippen LogP contribution in [0.4, 0.5) is 0 Å². The van der Waals surface area contributed by atoms with Gasteiger partial charge < -0.3 is 4.57 Å². The summed E-state index contributed by atoms with van der Waals surface area (Å²) < 4.78 is 12.1. The van der Waals surface area contributed by atoms with E-state index in [9.17, 15) is 4.57 Å². The van der Waals surface area contributed by atoms with E-state index in [2.05, 4.69) is 0 Å². The molecular weight excluding hydrogens is 434 g/mol. The van der Waals surface area contributed by atoms with E-state index in [0.717, 1.165) is 0 Å². The Hall–Kier alpha value is -1.04. The van der Waals surface area contributed by atoms with Gasteiger partial charge in [-0.15, -0.1) is 0 Å². The normalized spacial score (nSPS) is 9.32. The minimum Gasteiger partial charge on any atom is -0.323 e. The molecule has 25 heavy (non-hydrogen) atoms. The van der Waals surface area contributed by atoms with Crippen molar-refractivity contribution >= 4 is 28.3 Å². The third-order valence-electron chi connectivity index (χ3n) is 3.07. The van der Waals surface area contributed by atoms with Crippen molar-refractivity contribution in [3.05, 3.63) is 109 Å². The summed E-state index contributed by atoms with van der Waals surface area (Å²) in [6, 6.07) is 34.5. The first kappa shape index (κ1) is 24.0. The Kier molecular flexibility index (Phi) is 12.7. The summed E-state index contributed by atoms with van der Waals surface area (Å²) in [4.78, 5) is 0. The molecule has 0 aliphatic rings. The Bertz CT molecular complexity index is 659. The van der Waals surface area contributed by atoms with Crippen LogP contribution in [-0.2, 0) is 38.7 Å². The zero-order valence-electron chi connectivity index (χ0n) is 13.3. The number of halogens is 1. The van der Waals surface area contributed by atoms with Gasteiger partial charge in [0.15, 0.2) is 0 Å². The largest absolute Gasteiger partial charge is 2.00 e. The maximum atomic E-state index is 12.1. The molecule has 0 spiro atoms. The van der Waals surface area contributed by atoms with Crippen molar-refractivity contribution in [2.45, 2.75) is 0 Å². The first-order chi connectivity index (χ1) is 11.2. The third-order valence-corrected chi connectivity index (χ3v) is 6.16. The van der Waals surface area contributed by atoms with Crippen molar-refractivity contribution in [2.24, 2.45) is 0 Å². The van der Waals surface area contributed by atoms with Crippen molar-refractivity contribution in [1.29, 1.82) is 0 Å². The van der Waals surface area contributed by atoms with Crippen LogP contribution in [0.1, 0.15) is 0 Å². The van der Waals surface area contributed by atoms with E-state index in [1.165, 1.54) is 0 Å². The molecule has 4 aromatic carbocycles. The van der Waals surface area contributed by atoms with Gasteiger partial charge in [0.1, 0.15) is 6.49 Å². The predicted molar refractivity (Wildman–Crippen MR) is 101 cm³/mol. The van der Waals surface area contributed by atoms with Gasteiger partial charge in [0.2, 0.25) is 0 Å². The average Bonchev–Trinajstić information content (AvgIpc) is 3.44. The molecule has 5 heteroatoms. The van der Waals surface area contributed by atoms with Crippen molar-refractivity contribution in [3.8, 4) is 0 Å². The molecule has 0 fully saturated rings. The maximum absolute atomic E-state index is 12.1. The summed E-state index contributed by atoms with van der Waals surface area (Å²) in [5, 5.41) is 1.42. The Labute approximate surface area is 175 Å². The molecule has 4 aromatic rings. The van der Waals surface area contributed by atoms with Gasteiger partial charge >= 0.3 is 34.1 Å². The second-order valence-electron chi connectivity index (χ2n) is 4.74. The van der Waals surface area contributed by atoms with Crippen molar-refractivity contribution in [1.82, 2.24) is 0 Å². The van der Waals surface area contributed by atoms with Gasteiger partial charge in [-0.2, -0.15) is 60.7 Å². The van der Waals surface area contributed by atoms with E-state index in [-0.39, 0.29) is 34.1 Å². The average molecular weight is 452 g/mol. The Balaban J connectivity index is 0.000000400. The van der Waals surface area contributed by atoms with Crippen LogP contribution in [0.25, 0.3) is 0 Å². The predicted octanol–water partition coefficient (Wildman–Crippen LogP) is 5.40. The fourth-order valence-corrected chi connectivity index (χ4v) is 3.99. The number of hydrogen-bond acceptors (Lipinski definition) is 1. The van der Waals surface area contributed by atoms with E-state index in [4.69, 9.17) is 11.2 Å². The second kappa shape index (κ2) is 13.2. The summed E-state index contributed by atoms with van der Waals surface area (Å²) >= 11 is 6.03. The van der Waals surface area contributed by atoms with Crippen LogP contribution in [0.15, 0.2) is 109 Å². The Morgan fingerprint density at radius 1 is 0.600 bits per heavy atom. The zero-order valence-corrected chi connectivity index (χ0v) is 17.2. The topological polar surface area (TPSA) is 17.1 Å². The molecule has 0 radical (unpaired) electrons. The number of rotatable bonds is 2. The molecule has 0 amide bonds. The molecule has 0 N–H and O–H groups in total. The zero-order chi connectivity index (χ0) is 16.4. The van der Waals surface area contributed by atoms with Gasteiger partial charge in [-0.25, -0.2) is 48.5 Å². The van der Waals surface area contributed by atoms with Gasteiger partial charge in [-0.05, 0) is 0 Å². The summed E-state index contributed by atoms with van der Waals surface area (Å²) in [6.07, 6.45) is 0. The standard InChI is InChI=1S/C10H8ClOP.2C5H5.2Fe/c11-13(12,9-5-1-2-6-9)10-7-3-4-8-10;2*1-2-4-5-3-1;;/h1-8H;2*1-5H;;/q-2;2*-1;2*+2. The van der Waals surface area contributed by atoms with Crippen molar-refractivity contribution in [2.75, 3.05) is 0 Å². The van der Waals surface area contributed by atoms with E-state index in [0.29, 0.717) is 10.6 Å². The van der Waals surface area contributed by atoms with Gasteiger partial charge in [0, 0.05) is 0 Å². The maximum Gasteiger partial charge on any atom is 2.00 e. The van der Waals surface area contributed by atoms with Crippen LogP contribution < -0.4 is 10.6 Å². The molecule has 0 aliphatic carbocycles. The van der Waals surface area contributed by atoms with Gasteiger partial charge in [0.25, 0.3) is 0 Å². The van der Waals surface area contributed by atoms with E-state index >= 15 is 0 Å². The molecule has 1 nitrogen and oxygen atoms in total. The molecule has 0 saturated heterocycles. The molecule has 0 heterocycles. The minimum atomic E-state index is -2.83. The van der Waals surface area contributed by atoms with Crippen LogP contribution in [0.3, 0.4) is 0 Å². The quantitative estimate of drug-likeness (QED) is 0.226. The van der Waals surface area contributed by atoms with Crippen LogP contribution in [0.5, 0.6) is 0 Å². The van der Waals surface area contributed by atoms with E-state index in [1.807, 2.05) is 84.9 Å². The fraction of sp³-hybridized carbons (Fsp3) is 0. The van der Waals surface area contributed by atoms with Crippen LogP contribution in [-0.4, -0.2) is 0 Å². The molecular formula is C20H18ClFe2OP. The van der Waals surface area contributed by atoms with Crippen molar-refractivity contribution < 1.29 is 38.7 Å². The summed E-state index contributed by atoms with van der Waals surface area (Å²) in [7, 11) is 0. The molecule has 4 rings (SSSR count). The van der Waals surface area contributed by atoms with Crippen LogP contribution in [0, 0.1) is 0 Å². The van der Waals surface area contributed by atoms with E-state index in [1.54, 1.807) is 24.3 Å². The summed E-state index contributed by atoms with van der Waals surface area (Å²) in [5.41, 5.74) is 0. The molecule has 0 aromatic heterocycles. The second-order valence-corrected chi connectivity index (χ2v) is 8.27. The third kappa shape index (κ3) is 8.25. The van der Waals surface area contributed by atoms with Gasteiger partial charge in [0.05, 0.1) is 0 Å². The Morgan fingerprint density at radius 3 is 1.08 bits per heavy atom. The fourth-order valence-electron chi connectivity index (χ4n) is 1.90. The molecule has 0 aliphatic heterocycles. The molecule has 132 valence electrons. The monoisotopic (exact) mass is 452 g/mol. The molecule has 0 atom stereocenters. The van der Waals surface area contributed by atoms with Gasteiger partial charge in [-0.1, -0.05) is 21.8 Å². The smallest absolute Gasteiger partial charge is 0.323 e. The van der Waals surface area contributed by atoms with Crippen LogP contribution >= 0.6 is 17.7 Å². The minimum absolute atomic E-state index is 0. The molecule has 0 saturated carbocycles.